The molecule has 0 spiro atoms. The van der Waals surface area contributed by atoms with Gasteiger partial charge in [-0.15, -0.1) is 0 Å². The first-order valence-corrected chi connectivity index (χ1v) is 7.22. The molecule has 0 saturated carbocycles. The van der Waals surface area contributed by atoms with Crippen LogP contribution in [0, 0.1) is 0 Å². The number of aliphatic hydroxyl groups is 1. The molecule has 2 rings (SSSR count). The van der Waals surface area contributed by atoms with Crippen molar-refractivity contribution in [2.45, 2.75) is 32.3 Å². The van der Waals surface area contributed by atoms with Crippen LogP contribution in [0.3, 0.4) is 0 Å². The number of hydrogen-bond donors (Lipinski definition) is 2. The van der Waals surface area contributed by atoms with E-state index < -0.39 is 5.60 Å². The van der Waals surface area contributed by atoms with Crippen molar-refractivity contribution < 1.29 is 14.7 Å². The van der Waals surface area contributed by atoms with Crippen LogP contribution < -0.4 is 5.32 Å². The molecule has 1 aromatic rings. The van der Waals surface area contributed by atoms with Gasteiger partial charge in [-0.1, -0.05) is 12.1 Å². The van der Waals surface area contributed by atoms with E-state index in [0.29, 0.717) is 37.2 Å². The molecule has 21 heavy (non-hydrogen) atoms. The first kappa shape index (κ1) is 15.7. The van der Waals surface area contributed by atoms with E-state index in [-0.39, 0.29) is 18.2 Å². The summed E-state index contributed by atoms with van der Waals surface area (Å²) < 4.78 is 0. The number of ketones is 1. The van der Waals surface area contributed by atoms with E-state index in [4.69, 9.17) is 0 Å². The minimum atomic E-state index is -0.617. The van der Waals surface area contributed by atoms with Gasteiger partial charge in [0.2, 0.25) is 5.91 Å². The Morgan fingerprint density at radius 2 is 1.90 bits per heavy atom. The van der Waals surface area contributed by atoms with Crippen molar-refractivity contribution >= 4 is 17.4 Å². The van der Waals surface area contributed by atoms with Gasteiger partial charge >= 0.3 is 0 Å². The summed E-state index contributed by atoms with van der Waals surface area (Å²) in [6, 6.07) is 7.00. The number of likely N-dealkylation sites (tertiary alicyclic amines) is 1. The van der Waals surface area contributed by atoms with E-state index in [1.54, 1.807) is 24.3 Å². The maximum atomic E-state index is 12.1. The second kappa shape index (κ2) is 6.37. The molecule has 2 N–H and O–H groups in total. The Labute approximate surface area is 125 Å². The Bertz CT molecular complexity index is 530. The number of rotatable bonds is 4. The van der Waals surface area contributed by atoms with Crippen molar-refractivity contribution in [3.63, 3.8) is 0 Å². The van der Waals surface area contributed by atoms with Crippen LogP contribution in [0.15, 0.2) is 24.3 Å². The molecule has 5 nitrogen and oxygen atoms in total. The summed E-state index contributed by atoms with van der Waals surface area (Å²) in [7, 11) is 0. The van der Waals surface area contributed by atoms with Crippen LogP contribution >= 0.6 is 0 Å². The van der Waals surface area contributed by atoms with Crippen LogP contribution in [0.5, 0.6) is 0 Å². The molecule has 1 aliphatic rings. The molecule has 0 aliphatic carbocycles. The molecular weight excluding hydrogens is 268 g/mol. The van der Waals surface area contributed by atoms with Gasteiger partial charge in [-0.05, 0) is 38.8 Å². The quantitative estimate of drug-likeness (QED) is 0.828. The SMILES string of the molecule is CC(=O)c1ccccc1NC(=O)CN1CCC(C)(O)CC1. The Kier molecular flexibility index (Phi) is 4.75. The average molecular weight is 290 g/mol. The van der Waals surface area contributed by atoms with E-state index >= 15 is 0 Å². The average Bonchev–Trinajstić information content (AvgIpc) is 2.41. The van der Waals surface area contributed by atoms with Crippen LogP contribution in [0.4, 0.5) is 5.69 Å². The monoisotopic (exact) mass is 290 g/mol. The second-order valence-corrected chi connectivity index (χ2v) is 5.92. The molecule has 0 bridgehead atoms. The third-order valence-corrected chi connectivity index (χ3v) is 3.88. The van der Waals surface area contributed by atoms with E-state index in [0.717, 1.165) is 0 Å². The predicted octanol–water partition coefficient (Wildman–Crippen LogP) is 1.67. The van der Waals surface area contributed by atoms with Crippen LogP contribution in [-0.2, 0) is 4.79 Å². The van der Waals surface area contributed by atoms with Crippen molar-refractivity contribution in [3.8, 4) is 0 Å². The first-order valence-electron chi connectivity index (χ1n) is 7.22. The lowest BCUT2D eigenvalue weighted by Gasteiger charge is -2.35. The summed E-state index contributed by atoms with van der Waals surface area (Å²) in [6.07, 6.45) is 1.34. The van der Waals surface area contributed by atoms with Crippen molar-refractivity contribution in [2.75, 3.05) is 25.0 Å². The van der Waals surface area contributed by atoms with Gasteiger partial charge in [0.1, 0.15) is 0 Å². The maximum absolute atomic E-state index is 12.1. The standard InChI is InChI=1S/C16H22N2O3/c1-12(19)13-5-3-4-6-14(13)17-15(20)11-18-9-7-16(2,21)8-10-18/h3-6,21H,7-11H2,1-2H3,(H,17,20). The molecule has 0 aromatic heterocycles. The molecule has 114 valence electrons. The Balaban J connectivity index is 1.92. The largest absolute Gasteiger partial charge is 0.390 e. The van der Waals surface area contributed by atoms with Crippen LogP contribution in [0.2, 0.25) is 0 Å². The number of carbonyl (C=O) groups is 2. The Morgan fingerprint density at radius 3 is 2.52 bits per heavy atom. The zero-order valence-corrected chi connectivity index (χ0v) is 12.6. The highest BCUT2D eigenvalue weighted by Gasteiger charge is 2.28. The molecule has 0 radical (unpaired) electrons. The highest BCUT2D eigenvalue weighted by atomic mass is 16.3. The fraction of sp³-hybridized carbons (Fsp3) is 0.500. The number of anilines is 1. The number of hydrogen-bond acceptors (Lipinski definition) is 4. The van der Waals surface area contributed by atoms with Gasteiger partial charge in [-0.25, -0.2) is 0 Å². The summed E-state index contributed by atoms with van der Waals surface area (Å²) in [5.74, 6) is -0.204. The number of nitrogens with one attached hydrogen (secondary N) is 1. The molecule has 1 aromatic carbocycles. The normalized spacial score (nSPS) is 18.2. The molecule has 1 heterocycles. The van der Waals surface area contributed by atoms with Gasteiger partial charge in [0.25, 0.3) is 0 Å². The molecule has 1 aliphatic heterocycles. The van der Waals surface area contributed by atoms with Crippen molar-refractivity contribution in [1.29, 1.82) is 0 Å². The number of amides is 1. The highest BCUT2D eigenvalue weighted by Crippen LogP contribution is 2.21. The summed E-state index contributed by atoms with van der Waals surface area (Å²) in [5, 5.41) is 12.7. The molecule has 1 saturated heterocycles. The number of Topliss-reactive ketones (excluding diaryl/α,β-unsaturated/α-hetero) is 1. The van der Waals surface area contributed by atoms with Gasteiger partial charge in [0.05, 0.1) is 17.8 Å². The highest BCUT2D eigenvalue weighted by molar-refractivity contribution is 6.04. The molecule has 1 amide bonds. The molecule has 1 fully saturated rings. The lowest BCUT2D eigenvalue weighted by Crippen LogP contribution is -2.45. The molecule has 0 unspecified atom stereocenters. The topological polar surface area (TPSA) is 69.6 Å². The second-order valence-electron chi connectivity index (χ2n) is 5.92. The lowest BCUT2D eigenvalue weighted by atomic mass is 9.94. The smallest absolute Gasteiger partial charge is 0.238 e. The maximum Gasteiger partial charge on any atom is 0.238 e. The first-order chi connectivity index (χ1) is 9.87. The van der Waals surface area contributed by atoms with Crippen molar-refractivity contribution in [3.05, 3.63) is 29.8 Å². The summed E-state index contributed by atoms with van der Waals surface area (Å²) in [5.41, 5.74) is 0.459. The number of nitrogens with zero attached hydrogens (tertiary/aromatic N) is 1. The fourth-order valence-corrected chi connectivity index (χ4v) is 2.48. The number of carbonyl (C=O) groups excluding carboxylic acids is 2. The number of benzene rings is 1. The lowest BCUT2D eigenvalue weighted by molar-refractivity contribution is -0.118. The third kappa shape index (κ3) is 4.37. The van der Waals surface area contributed by atoms with Gasteiger partial charge in [0.15, 0.2) is 5.78 Å². The van der Waals surface area contributed by atoms with Gasteiger partial charge < -0.3 is 10.4 Å². The van der Waals surface area contributed by atoms with E-state index in [1.807, 2.05) is 11.8 Å². The number of para-hydroxylation sites is 1. The fourth-order valence-electron chi connectivity index (χ4n) is 2.48. The molecule has 0 atom stereocenters. The Hall–Kier alpha value is -1.72. The summed E-state index contributed by atoms with van der Waals surface area (Å²) in [4.78, 5) is 25.6. The number of piperidine rings is 1. The minimum absolute atomic E-state index is 0.0695. The van der Waals surface area contributed by atoms with Gasteiger partial charge in [-0.3, -0.25) is 14.5 Å². The van der Waals surface area contributed by atoms with E-state index in [9.17, 15) is 14.7 Å². The zero-order valence-electron chi connectivity index (χ0n) is 12.6. The predicted molar refractivity (Wildman–Crippen MR) is 81.4 cm³/mol. The van der Waals surface area contributed by atoms with E-state index in [1.165, 1.54) is 6.92 Å². The summed E-state index contributed by atoms with van der Waals surface area (Å²) >= 11 is 0. The van der Waals surface area contributed by atoms with Crippen molar-refractivity contribution in [2.24, 2.45) is 0 Å². The van der Waals surface area contributed by atoms with Crippen molar-refractivity contribution in [1.82, 2.24) is 4.90 Å². The third-order valence-electron chi connectivity index (χ3n) is 3.88. The molecular formula is C16H22N2O3. The summed E-state index contributed by atoms with van der Waals surface area (Å²) in [6.45, 7) is 5.00. The Morgan fingerprint density at radius 1 is 1.29 bits per heavy atom. The van der Waals surface area contributed by atoms with Crippen LogP contribution in [0.25, 0.3) is 0 Å². The van der Waals surface area contributed by atoms with Crippen LogP contribution in [-0.4, -0.2) is 46.9 Å². The van der Waals surface area contributed by atoms with E-state index in [2.05, 4.69) is 5.32 Å². The molecule has 5 heteroatoms. The minimum Gasteiger partial charge on any atom is -0.390 e. The zero-order chi connectivity index (χ0) is 15.5. The van der Waals surface area contributed by atoms with Crippen LogP contribution in [0.1, 0.15) is 37.0 Å². The van der Waals surface area contributed by atoms with Gasteiger partial charge in [-0.2, -0.15) is 0 Å². The van der Waals surface area contributed by atoms with Gasteiger partial charge in [0, 0.05) is 18.7 Å².